The van der Waals surface area contributed by atoms with Crippen molar-refractivity contribution in [1.29, 1.82) is 0 Å². The zero-order chi connectivity index (χ0) is 23.0. The summed E-state index contributed by atoms with van der Waals surface area (Å²) in [5.41, 5.74) is 4.65. The van der Waals surface area contributed by atoms with Crippen LogP contribution in [0.25, 0.3) is 21.9 Å². The van der Waals surface area contributed by atoms with Crippen LogP contribution < -0.4 is 0 Å². The van der Waals surface area contributed by atoms with Gasteiger partial charge in [0.05, 0.1) is 0 Å². The van der Waals surface area contributed by atoms with Crippen molar-refractivity contribution in [2.75, 3.05) is 0 Å². The second kappa shape index (κ2) is 11.6. The minimum atomic E-state index is -0.0368. The molecule has 4 rings (SSSR count). The number of hydrogen-bond acceptors (Lipinski definition) is 0. The Labute approximate surface area is 199 Å². The highest BCUT2D eigenvalue weighted by atomic mass is 19.1. The minimum Gasteiger partial charge on any atom is -0.206 e. The zero-order valence-corrected chi connectivity index (χ0v) is 20.5. The fourth-order valence-electron chi connectivity index (χ4n) is 5.45. The van der Waals surface area contributed by atoms with Crippen molar-refractivity contribution in [3.05, 3.63) is 83.7 Å². The van der Waals surface area contributed by atoms with Gasteiger partial charge in [-0.25, -0.2) is 4.39 Å². The van der Waals surface area contributed by atoms with Crippen LogP contribution in [0.1, 0.15) is 76.3 Å². The van der Waals surface area contributed by atoms with E-state index in [1.54, 1.807) is 0 Å². The monoisotopic (exact) mass is 442 g/mol. The Hall–Kier alpha value is -2.41. The largest absolute Gasteiger partial charge is 0.206 e. The van der Waals surface area contributed by atoms with Gasteiger partial charge in [0.2, 0.25) is 0 Å². The summed E-state index contributed by atoms with van der Waals surface area (Å²) in [6.07, 6.45) is 16.7. The van der Waals surface area contributed by atoms with Gasteiger partial charge in [-0.15, -0.1) is 0 Å². The molecule has 3 aromatic rings. The third kappa shape index (κ3) is 6.14. The molecule has 1 heteroatoms. The van der Waals surface area contributed by atoms with Crippen molar-refractivity contribution in [2.45, 2.75) is 78.1 Å². The standard InChI is InChI=1S/C32H39F/c1-3-5-6-8-28-19-20-30-23-29(21-22-31(30)32(28)33)27-17-15-26(16-18-27)14-13-25-11-9-24(7-4-2)10-12-25/h4,7,15-25H,3,5-6,8-14H2,1-2H3/b7-4+. The Morgan fingerprint density at radius 1 is 0.848 bits per heavy atom. The Morgan fingerprint density at radius 3 is 2.33 bits per heavy atom. The van der Waals surface area contributed by atoms with E-state index in [1.165, 1.54) is 49.7 Å². The van der Waals surface area contributed by atoms with Crippen molar-refractivity contribution in [1.82, 2.24) is 0 Å². The topological polar surface area (TPSA) is 0 Å². The fourth-order valence-corrected chi connectivity index (χ4v) is 5.45. The number of rotatable bonds is 9. The molecule has 174 valence electrons. The van der Waals surface area contributed by atoms with Gasteiger partial charge in [0.15, 0.2) is 0 Å². The van der Waals surface area contributed by atoms with Crippen LogP contribution >= 0.6 is 0 Å². The van der Waals surface area contributed by atoms with E-state index in [0.29, 0.717) is 0 Å². The maximum absolute atomic E-state index is 15.0. The highest BCUT2D eigenvalue weighted by molar-refractivity contribution is 5.88. The molecule has 33 heavy (non-hydrogen) atoms. The van der Waals surface area contributed by atoms with Crippen LogP contribution in [0.2, 0.25) is 0 Å². The average molecular weight is 443 g/mol. The maximum Gasteiger partial charge on any atom is 0.134 e. The zero-order valence-electron chi connectivity index (χ0n) is 20.5. The molecule has 0 nitrogen and oxygen atoms in total. The number of aryl methyl sites for hydroxylation is 2. The fraction of sp³-hybridized carbons (Fsp3) is 0.438. The molecule has 1 fully saturated rings. The first-order valence-electron chi connectivity index (χ1n) is 13.1. The smallest absolute Gasteiger partial charge is 0.134 e. The molecule has 0 amide bonds. The van der Waals surface area contributed by atoms with Gasteiger partial charge in [0.1, 0.15) is 5.82 Å². The molecule has 1 aliphatic carbocycles. The third-order valence-corrected chi connectivity index (χ3v) is 7.57. The SMILES string of the molecule is C/C=C/C1CCC(CCc2ccc(-c3ccc4c(F)c(CCCCC)ccc4c3)cc2)CC1. The first kappa shape index (κ1) is 23.7. The van der Waals surface area contributed by atoms with E-state index >= 15 is 0 Å². The van der Waals surface area contributed by atoms with E-state index in [1.807, 2.05) is 12.1 Å². The Bertz CT molecular complexity index is 1050. The molecule has 0 N–H and O–H groups in total. The lowest BCUT2D eigenvalue weighted by Gasteiger charge is -2.26. The van der Waals surface area contributed by atoms with Crippen molar-refractivity contribution in [2.24, 2.45) is 11.8 Å². The van der Waals surface area contributed by atoms with Crippen LogP contribution in [-0.2, 0) is 12.8 Å². The predicted octanol–water partition coefficient (Wildman–Crippen LogP) is 9.69. The quantitative estimate of drug-likeness (QED) is 0.228. The first-order chi connectivity index (χ1) is 16.2. The molecule has 0 unspecified atom stereocenters. The minimum absolute atomic E-state index is 0.0368. The Morgan fingerprint density at radius 2 is 1.61 bits per heavy atom. The lowest BCUT2D eigenvalue weighted by Crippen LogP contribution is -2.13. The molecule has 0 aliphatic heterocycles. The van der Waals surface area contributed by atoms with Gasteiger partial charge in [-0.3, -0.25) is 0 Å². The van der Waals surface area contributed by atoms with E-state index in [2.05, 4.69) is 68.5 Å². The molecular weight excluding hydrogens is 403 g/mol. The molecule has 0 bridgehead atoms. The molecule has 0 spiro atoms. The molecule has 1 saturated carbocycles. The summed E-state index contributed by atoms with van der Waals surface area (Å²) in [6, 6.07) is 19.2. The molecule has 0 radical (unpaired) electrons. The summed E-state index contributed by atoms with van der Waals surface area (Å²) in [7, 11) is 0. The van der Waals surface area contributed by atoms with E-state index in [-0.39, 0.29) is 5.82 Å². The highest BCUT2D eigenvalue weighted by Crippen LogP contribution is 2.33. The highest BCUT2D eigenvalue weighted by Gasteiger charge is 2.19. The second-order valence-corrected chi connectivity index (χ2v) is 9.97. The molecule has 0 atom stereocenters. The summed E-state index contributed by atoms with van der Waals surface area (Å²) >= 11 is 0. The van der Waals surface area contributed by atoms with Crippen LogP contribution in [0.4, 0.5) is 4.39 Å². The van der Waals surface area contributed by atoms with Crippen molar-refractivity contribution >= 4 is 10.8 Å². The second-order valence-electron chi connectivity index (χ2n) is 9.97. The van der Waals surface area contributed by atoms with Crippen molar-refractivity contribution in [3.63, 3.8) is 0 Å². The van der Waals surface area contributed by atoms with Gasteiger partial charge in [-0.2, -0.15) is 0 Å². The lowest BCUT2D eigenvalue weighted by molar-refractivity contribution is 0.296. The summed E-state index contributed by atoms with van der Waals surface area (Å²) < 4.78 is 15.0. The summed E-state index contributed by atoms with van der Waals surface area (Å²) in [5.74, 6) is 1.66. The number of halogens is 1. The number of hydrogen-bond donors (Lipinski definition) is 0. The van der Waals surface area contributed by atoms with E-state index in [9.17, 15) is 4.39 Å². The number of benzene rings is 3. The van der Waals surface area contributed by atoms with E-state index in [4.69, 9.17) is 0 Å². The molecular formula is C32H39F. The molecule has 0 saturated heterocycles. The van der Waals surface area contributed by atoms with Gasteiger partial charge in [0, 0.05) is 5.39 Å². The van der Waals surface area contributed by atoms with Crippen LogP contribution in [0.15, 0.2) is 66.7 Å². The van der Waals surface area contributed by atoms with E-state index in [0.717, 1.165) is 59.4 Å². The third-order valence-electron chi connectivity index (χ3n) is 7.57. The first-order valence-corrected chi connectivity index (χ1v) is 13.1. The van der Waals surface area contributed by atoms with Gasteiger partial charge >= 0.3 is 0 Å². The summed E-state index contributed by atoms with van der Waals surface area (Å²) in [4.78, 5) is 0. The molecule has 0 heterocycles. The van der Waals surface area contributed by atoms with Crippen LogP contribution in [0.5, 0.6) is 0 Å². The van der Waals surface area contributed by atoms with Gasteiger partial charge < -0.3 is 0 Å². The van der Waals surface area contributed by atoms with E-state index < -0.39 is 0 Å². The Kier molecular flexibility index (Phi) is 8.37. The molecule has 3 aromatic carbocycles. The van der Waals surface area contributed by atoms with Gasteiger partial charge in [0.25, 0.3) is 0 Å². The van der Waals surface area contributed by atoms with Crippen LogP contribution in [-0.4, -0.2) is 0 Å². The summed E-state index contributed by atoms with van der Waals surface area (Å²) in [6.45, 7) is 4.32. The van der Waals surface area contributed by atoms with Crippen LogP contribution in [0.3, 0.4) is 0 Å². The average Bonchev–Trinajstić information content (AvgIpc) is 2.85. The number of allylic oxidation sites excluding steroid dienone is 2. The van der Waals surface area contributed by atoms with Gasteiger partial charge in [-0.1, -0.05) is 80.4 Å². The van der Waals surface area contributed by atoms with Crippen molar-refractivity contribution in [3.8, 4) is 11.1 Å². The van der Waals surface area contributed by atoms with Crippen LogP contribution in [0, 0.1) is 17.7 Å². The lowest BCUT2D eigenvalue weighted by atomic mass is 9.79. The normalized spacial score (nSPS) is 18.9. The Balaban J connectivity index is 1.38. The predicted molar refractivity (Wildman–Crippen MR) is 141 cm³/mol. The molecule has 0 aromatic heterocycles. The maximum atomic E-state index is 15.0. The van der Waals surface area contributed by atoms with Gasteiger partial charge in [-0.05, 0) is 104 Å². The number of unbranched alkanes of at least 4 members (excludes halogenated alkanes) is 2. The molecule has 1 aliphatic rings. The summed E-state index contributed by atoms with van der Waals surface area (Å²) in [5, 5.41) is 1.73. The van der Waals surface area contributed by atoms with Crippen molar-refractivity contribution < 1.29 is 4.39 Å². The number of fused-ring (bicyclic) bond motifs is 1.